The average molecular weight is 437 g/mol. The maximum atomic E-state index is 12.5. The van der Waals surface area contributed by atoms with E-state index < -0.39 is 11.7 Å². The van der Waals surface area contributed by atoms with Crippen LogP contribution in [0.1, 0.15) is 30.4 Å². The number of hydrogen-bond acceptors (Lipinski definition) is 6. The second-order valence-electron chi connectivity index (χ2n) is 8.07. The Balaban J connectivity index is 1.23. The smallest absolute Gasteiger partial charge is 0.303 e. The number of hydroxylamine groups is 1. The molecule has 1 aliphatic rings. The summed E-state index contributed by atoms with van der Waals surface area (Å²) in [6, 6.07) is 19.5. The first-order valence-corrected chi connectivity index (χ1v) is 10.8. The SMILES string of the molecule is Cc1oc(-c2ccccc2)nc1CCC1COC(C)(C(=O)NOCc2ccccc2)OC1. The molecule has 0 aliphatic carbocycles. The highest BCUT2D eigenvalue weighted by atomic mass is 16.7. The maximum Gasteiger partial charge on any atom is 0.303 e. The number of nitrogens with zero attached hydrogens (tertiary/aromatic N) is 1. The summed E-state index contributed by atoms with van der Waals surface area (Å²) < 4.78 is 17.4. The first-order chi connectivity index (χ1) is 15.5. The number of rotatable bonds is 8. The molecule has 1 amide bonds. The minimum Gasteiger partial charge on any atom is -0.441 e. The lowest BCUT2D eigenvalue weighted by Gasteiger charge is -2.36. The lowest BCUT2D eigenvalue weighted by molar-refractivity contribution is -0.265. The lowest BCUT2D eigenvalue weighted by atomic mass is 10.0. The van der Waals surface area contributed by atoms with E-state index in [1.807, 2.05) is 67.6 Å². The summed E-state index contributed by atoms with van der Waals surface area (Å²) in [5.74, 6) is -0.198. The molecule has 2 aromatic carbocycles. The molecule has 7 nitrogen and oxygen atoms in total. The van der Waals surface area contributed by atoms with Crippen LogP contribution in [0.25, 0.3) is 11.5 Å². The van der Waals surface area contributed by atoms with Gasteiger partial charge in [-0.3, -0.25) is 9.63 Å². The van der Waals surface area contributed by atoms with Gasteiger partial charge in [-0.15, -0.1) is 0 Å². The molecule has 1 fully saturated rings. The minimum absolute atomic E-state index is 0.164. The number of oxazole rings is 1. The van der Waals surface area contributed by atoms with Gasteiger partial charge in [-0.1, -0.05) is 48.5 Å². The van der Waals surface area contributed by atoms with Crippen LogP contribution in [0.2, 0.25) is 0 Å². The van der Waals surface area contributed by atoms with Crippen molar-refractivity contribution in [1.82, 2.24) is 10.5 Å². The molecule has 3 aromatic rings. The Morgan fingerprint density at radius 3 is 2.44 bits per heavy atom. The van der Waals surface area contributed by atoms with Crippen LogP contribution in [0.5, 0.6) is 0 Å². The summed E-state index contributed by atoms with van der Waals surface area (Å²) >= 11 is 0. The molecule has 1 saturated heterocycles. The number of carbonyl (C=O) groups excluding carboxylic acids is 1. The molecular weight excluding hydrogens is 408 g/mol. The van der Waals surface area contributed by atoms with Gasteiger partial charge in [0.2, 0.25) is 11.7 Å². The van der Waals surface area contributed by atoms with Crippen LogP contribution in [0, 0.1) is 12.8 Å². The van der Waals surface area contributed by atoms with E-state index in [2.05, 4.69) is 10.5 Å². The quantitative estimate of drug-likeness (QED) is 0.533. The van der Waals surface area contributed by atoms with Crippen molar-refractivity contribution in [3.63, 3.8) is 0 Å². The van der Waals surface area contributed by atoms with Crippen LogP contribution in [0.3, 0.4) is 0 Å². The zero-order chi connectivity index (χ0) is 22.4. The first kappa shape index (κ1) is 22.2. The van der Waals surface area contributed by atoms with Gasteiger partial charge in [-0.25, -0.2) is 10.5 Å². The van der Waals surface area contributed by atoms with Crippen LogP contribution in [-0.2, 0) is 32.1 Å². The second-order valence-corrected chi connectivity index (χ2v) is 8.07. The highest BCUT2D eigenvalue weighted by Gasteiger charge is 2.40. The molecule has 1 aliphatic heterocycles. The fourth-order valence-corrected chi connectivity index (χ4v) is 3.50. The highest BCUT2D eigenvalue weighted by molar-refractivity contribution is 5.82. The van der Waals surface area contributed by atoms with Crippen molar-refractivity contribution in [3.05, 3.63) is 77.7 Å². The summed E-state index contributed by atoms with van der Waals surface area (Å²) in [4.78, 5) is 22.4. The van der Waals surface area contributed by atoms with Crippen LogP contribution in [0.15, 0.2) is 65.1 Å². The van der Waals surface area contributed by atoms with Gasteiger partial charge >= 0.3 is 5.91 Å². The molecule has 4 rings (SSSR count). The van der Waals surface area contributed by atoms with E-state index in [1.165, 1.54) is 0 Å². The summed E-state index contributed by atoms with van der Waals surface area (Å²) in [6.07, 6.45) is 1.58. The fourth-order valence-electron chi connectivity index (χ4n) is 3.50. The van der Waals surface area contributed by atoms with Gasteiger partial charge < -0.3 is 13.9 Å². The number of aryl methyl sites for hydroxylation is 2. The average Bonchev–Trinajstić information content (AvgIpc) is 3.20. The molecule has 0 spiro atoms. The van der Waals surface area contributed by atoms with Crippen molar-refractivity contribution in [2.24, 2.45) is 5.92 Å². The number of nitrogens with one attached hydrogen (secondary N) is 1. The van der Waals surface area contributed by atoms with E-state index in [1.54, 1.807) is 6.92 Å². The minimum atomic E-state index is -1.36. The second kappa shape index (κ2) is 10.1. The molecule has 0 atom stereocenters. The molecule has 0 bridgehead atoms. The predicted octanol–water partition coefficient (Wildman–Crippen LogP) is 4.21. The fraction of sp³-hybridized carbons (Fsp3) is 0.360. The molecule has 0 saturated carbocycles. The molecule has 1 aromatic heterocycles. The number of amides is 1. The monoisotopic (exact) mass is 436 g/mol. The Kier molecular flexibility index (Phi) is 6.99. The zero-order valence-corrected chi connectivity index (χ0v) is 18.4. The van der Waals surface area contributed by atoms with Gasteiger partial charge in [0.15, 0.2) is 0 Å². The molecule has 2 heterocycles. The normalized spacial score (nSPS) is 20.8. The van der Waals surface area contributed by atoms with Crippen molar-refractivity contribution in [3.8, 4) is 11.5 Å². The summed E-state index contributed by atoms with van der Waals surface area (Å²) in [5, 5.41) is 0. The van der Waals surface area contributed by atoms with Gasteiger partial charge in [0.25, 0.3) is 0 Å². The van der Waals surface area contributed by atoms with E-state index >= 15 is 0 Å². The Bertz CT molecular complexity index is 1010. The summed E-state index contributed by atoms with van der Waals surface area (Å²) in [5.41, 5.74) is 5.28. The number of carbonyl (C=O) groups is 1. The number of hydrogen-bond donors (Lipinski definition) is 1. The van der Waals surface area contributed by atoms with E-state index in [0.29, 0.717) is 19.1 Å². The predicted molar refractivity (Wildman–Crippen MR) is 118 cm³/mol. The van der Waals surface area contributed by atoms with E-state index in [9.17, 15) is 4.79 Å². The van der Waals surface area contributed by atoms with Crippen LogP contribution >= 0.6 is 0 Å². The Labute approximate surface area is 187 Å². The number of benzene rings is 2. The lowest BCUT2D eigenvalue weighted by Crippen LogP contribution is -2.53. The van der Waals surface area contributed by atoms with Crippen LogP contribution in [0.4, 0.5) is 0 Å². The van der Waals surface area contributed by atoms with Gasteiger partial charge in [0.1, 0.15) is 5.76 Å². The molecule has 1 N–H and O–H groups in total. The Morgan fingerprint density at radius 1 is 1.09 bits per heavy atom. The summed E-state index contributed by atoms with van der Waals surface area (Å²) in [7, 11) is 0. The third kappa shape index (κ3) is 5.43. The maximum absolute atomic E-state index is 12.5. The van der Waals surface area contributed by atoms with Crippen molar-refractivity contribution in [1.29, 1.82) is 0 Å². The Morgan fingerprint density at radius 2 is 1.75 bits per heavy atom. The van der Waals surface area contributed by atoms with Crippen molar-refractivity contribution in [2.45, 2.75) is 39.1 Å². The summed E-state index contributed by atoms with van der Waals surface area (Å²) in [6.45, 7) is 4.65. The highest BCUT2D eigenvalue weighted by Crippen LogP contribution is 2.26. The molecule has 7 heteroatoms. The van der Waals surface area contributed by atoms with Gasteiger partial charge in [-0.05, 0) is 44.4 Å². The van der Waals surface area contributed by atoms with Crippen LogP contribution < -0.4 is 5.48 Å². The zero-order valence-electron chi connectivity index (χ0n) is 18.4. The first-order valence-electron chi connectivity index (χ1n) is 10.8. The van der Waals surface area contributed by atoms with Gasteiger partial charge in [0, 0.05) is 11.5 Å². The number of aromatic nitrogens is 1. The van der Waals surface area contributed by atoms with Gasteiger partial charge in [-0.2, -0.15) is 0 Å². The van der Waals surface area contributed by atoms with Crippen molar-refractivity contribution >= 4 is 5.91 Å². The third-order valence-electron chi connectivity index (χ3n) is 5.55. The largest absolute Gasteiger partial charge is 0.441 e. The van der Waals surface area contributed by atoms with Crippen molar-refractivity contribution < 1.29 is 23.5 Å². The molecule has 0 unspecified atom stereocenters. The Hall–Kier alpha value is -3.00. The van der Waals surface area contributed by atoms with Gasteiger partial charge in [0.05, 0.1) is 25.5 Å². The molecule has 32 heavy (non-hydrogen) atoms. The van der Waals surface area contributed by atoms with E-state index in [4.69, 9.17) is 18.7 Å². The van der Waals surface area contributed by atoms with Crippen LogP contribution in [-0.4, -0.2) is 29.9 Å². The molecular formula is C25H28N2O5. The standard InChI is InChI=1S/C25H28N2O5/c1-18-22(26-23(32-18)21-11-7-4-8-12-21)14-13-20-15-29-25(2,30-16-20)24(28)27-31-17-19-9-5-3-6-10-19/h3-12,20H,13-17H2,1-2H3,(H,27,28). The third-order valence-corrected chi connectivity index (χ3v) is 5.55. The van der Waals surface area contributed by atoms with E-state index in [0.717, 1.165) is 35.4 Å². The van der Waals surface area contributed by atoms with E-state index in [-0.39, 0.29) is 12.5 Å². The molecule has 0 radical (unpaired) electrons. The van der Waals surface area contributed by atoms with Crippen molar-refractivity contribution in [2.75, 3.05) is 13.2 Å². The molecule has 168 valence electrons. The number of ether oxygens (including phenoxy) is 2. The topological polar surface area (TPSA) is 82.8 Å².